The van der Waals surface area contributed by atoms with Gasteiger partial charge in [0.1, 0.15) is 24.6 Å². The van der Waals surface area contributed by atoms with E-state index in [1.807, 2.05) is 0 Å². The molecule has 0 aromatic carbocycles. The van der Waals surface area contributed by atoms with E-state index in [0.717, 1.165) is 31.0 Å². The Hall–Kier alpha value is -1.57. The fraction of sp³-hybridized carbons (Fsp3) is 0.500. The van der Waals surface area contributed by atoms with Gasteiger partial charge in [0.05, 0.1) is 6.07 Å². The summed E-state index contributed by atoms with van der Waals surface area (Å²) in [6, 6.07) is 8.76. The lowest BCUT2D eigenvalue weighted by atomic mass is 10.0. The molecule has 108 valence electrons. The summed E-state index contributed by atoms with van der Waals surface area (Å²) in [4.78, 5) is 0. The molecule has 0 fully saturated rings. The molecule has 0 spiro atoms. The summed E-state index contributed by atoms with van der Waals surface area (Å²) in [6.45, 7) is 10.8. The molecule has 2 heteroatoms. The first-order valence-electron chi connectivity index (χ1n) is 7.80. The van der Waals surface area contributed by atoms with Crippen molar-refractivity contribution in [3.8, 4) is 11.3 Å². The van der Waals surface area contributed by atoms with E-state index in [1.165, 1.54) is 29.3 Å². The van der Waals surface area contributed by atoms with E-state index in [4.69, 9.17) is 4.42 Å². The van der Waals surface area contributed by atoms with Gasteiger partial charge in [0.2, 0.25) is 5.36 Å². The van der Waals surface area contributed by atoms with Crippen LogP contribution in [0.15, 0.2) is 28.7 Å². The fourth-order valence-corrected chi connectivity index (χ4v) is 2.67. The van der Waals surface area contributed by atoms with Crippen molar-refractivity contribution < 1.29 is 4.42 Å². The van der Waals surface area contributed by atoms with Gasteiger partial charge in [-0.25, -0.2) is 4.58 Å². The van der Waals surface area contributed by atoms with Crippen LogP contribution in [-0.2, 0) is 6.42 Å². The lowest BCUT2D eigenvalue weighted by molar-refractivity contribution is 0.493. The van der Waals surface area contributed by atoms with E-state index in [0.29, 0.717) is 0 Å². The maximum atomic E-state index is 6.10. The Balaban J connectivity index is 2.55. The number of rotatable bonds is 5. The summed E-state index contributed by atoms with van der Waals surface area (Å²) in [5.74, 6) is 2.12. The number of aryl methyl sites for hydroxylation is 2. The molecule has 2 aliphatic rings. The lowest BCUT2D eigenvalue weighted by Gasteiger charge is -2.11. The van der Waals surface area contributed by atoms with Gasteiger partial charge < -0.3 is 4.42 Å². The first-order valence-corrected chi connectivity index (χ1v) is 7.80. The Kier molecular flexibility index (Phi) is 4.99. The van der Waals surface area contributed by atoms with Crippen molar-refractivity contribution in [1.29, 1.82) is 0 Å². The van der Waals surface area contributed by atoms with Gasteiger partial charge in [0.25, 0.3) is 0 Å². The lowest BCUT2D eigenvalue weighted by Crippen LogP contribution is -2.29. The zero-order chi connectivity index (χ0) is 14.5. The molecule has 2 nitrogen and oxygen atoms in total. The minimum absolute atomic E-state index is 1.01. The smallest absolute Gasteiger partial charge is 0.203 e. The Labute approximate surface area is 122 Å². The molecule has 1 aliphatic carbocycles. The third kappa shape index (κ3) is 3.12. The molecule has 0 radical (unpaired) electrons. The third-order valence-electron chi connectivity index (χ3n) is 3.91. The minimum atomic E-state index is 1.01. The van der Waals surface area contributed by atoms with E-state index in [2.05, 4.69) is 56.5 Å². The predicted octanol–water partition coefficient (Wildman–Crippen LogP) is 3.85. The topological polar surface area (TPSA) is 16.1 Å². The van der Waals surface area contributed by atoms with E-state index >= 15 is 0 Å². The summed E-state index contributed by atoms with van der Waals surface area (Å²) < 4.78 is 8.45. The van der Waals surface area contributed by atoms with Gasteiger partial charge >= 0.3 is 0 Å². The van der Waals surface area contributed by atoms with Crippen molar-refractivity contribution in [1.82, 2.24) is 4.58 Å². The average molecular weight is 272 g/mol. The molecule has 1 aliphatic heterocycles. The van der Waals surface area contributed by atoms with Crippen molar-refractivity contribution >= 4 is 0 Å². The molecule has 2 rings (SSSR count). The summed E-state index contributed by atoms with van der Waals surface area (Å²) in [5.41, 5.74) is 2.53. The molecular weight excluding hydrogens is 246 g/mol. The van der Waals surface area contributed by atoms with Crippen molar-refractivity contribution in [2.24, 2.45) is 0 Å². The quantitative estimate of drug-likeness (QED) is 0.755. The molecule has 1 heterocycles. The second kappa shape index (κ2) is 6.74. The van der Waals surface area contributed by atoms with Crippen LogP contribution in [0.1, 0.15) is 44.9 Å². The van der Waals surface area contributed by atoms with Crippen LogP contribution in [0.4, 0.5) is 0 Å². The second-order valence-corrected chi connectivity index (χ2v) is 5.35. The summed E-state index contributed by atoms with van der Waals surface area (Å²) in [5, 5.41) is 1.25. The van der Waals surface area contributed by atoms with Crippen LogP contribution in [0.5, 0.6) is 0 Å². The van der Waals surface area contributed by atoms with Crippen LogP contribution in [0.25, 0.3) is 11.3 Å². The van der Waals surface area contributed by atoms with E-state index in [9.17, 15) is 0 Å². The Morgan fingerprint density at radius 3 is 2.45 bits per heavy atom. The number of unbranched alkanes of at least 4 members (excludes halogenated alkanes) is 1. The largest absolute Gasteiger partial charge is 0.461 e. The van der Waals surface area contributed by atoms with Gasteiger partial charge in [-0.1, -0.05) is 13.3 Å². The Morgan fingerprint density at radius 1 is 1.05 bits per heavy atom. The third-order valence-corrected chi connectivity index (χ3v) is 3.91. The van der Waals surface area contributed by atoms with Crippen LogP contribution in [-0.4, -0.2) is 13.1 Å². The molecule has 0 aromatic heterocycles. The molecule has 0 N–H and O–H groups in total. The molecular formula is C18H26NO+. The molecule has 0 saturated heterocycles. The highest BCUT2D eigenvalue weighted by molar-refractivity contribution is 5.62. The second-order valence-electron chi connectivity index (χ2n) is 5.35. The SMILES string of the molecule is CCCCc1cc(C)c2ccc(=[N+](CC)CC)cc-2o1. The van der Waals surface area contributed by atoms with Crippen LogP contribution < -0.4 is 9.93 Å². The fourth-order valence-electron chi connectivity index (χ4n) is 2.67. The maximum Gasteiger partial charge on any atom is 0.203 e. The Morgan fingerprint density at radius 2 is 1.80 bits per heavy atom. The van der Waals surface area contributed by atoms with Crippen LogP contribution >= 0.6 is 0 Å². The van der Waals surface area contributed by atoms with Gasteiger partial charge in [0.15, 0.2) is 0 Å². The number of fused-ring (bicyclic) bond motifs is 1. The monoisotopic (exact) mass is 272 g/mol. The summed E-state index contributed by atoms with van der Waals surface area (Å²) in [6.07, 6.45) is 3.42. The highest BCUT2D eigenvalue weighted by Crippen LogP contribution is 2.26. The number of hydrogen-bond donors (Lipinski definition) is 0. The highest BCUT2D eigenvalue weighted by Gasteiger charge is 2.12. The minimum Gasteiger partial charge on any atom is -0.461 e. The van der Waals surface area contributed by atoms with E-state index in [1.54, 1.807) is 0 Å². The van der Waals surface area contributed by atoms with E-state index < -0.39 is 0 Å². The molecule has 0 bridgehead atoms. The van der Waals surface area contributed by atoms with Crippen molar-refractivity contribution in [2.75, 3.05) is 13.1 Å². The molecule has 0 saturated carbocycles. The highest BCUT2D eigenvalue weighted by atomic mass is 16.3. The predicted molar refractivity (Wildman–Crippen MR) is 85.0 cm³/mol. The molecule has 0 amide bonds. The van der Waals surface area contributed by atoms with Gasteiger partial charge in [-0.05, 0) is 44.9 Å². The van der Waals surface area contributed by atoms with Gasteiger partial charge in [-0.2, -0.15) is 0 Å². The standard InChI is InChI=1S/C18H26NO/c1-5-8-9-16-12-14(4)17-11-10-15(13-18(17)20-16)19(6-2)7-3/h10-13H,5-9H2,1-4H3/q+1. The molecule has 0 aromatic rings. The first-order chi connectivity index (χ1) is 9.69. The van der Waals surface area contributed by atoms with Crippen molar-refractivity contribution in [3.05, 3.63) is 40.9 Å². The van der Waals surface area contributed by atoms with Crippen molar-refractivity contribution in [2.45, 2.75) is 47.0 Å². The van der Waals surface area contributed by atoms with Gasteiger partial charge in [-0.3, -0.25) is 0 Å². The summed E-state index contributed by atoms with van der Waals surface area (Å²) in [7, 11) is 0. The Bertz CT molecular complexity index is 603. The molecule has 0 atom stereocenters. The zero-order valence-corrected chi connectivity index (χ0v) is 13.2. The molecule has 20 heavy (non-hydrogen) atoms. The number of hydrogen-bond acceptors (Lipinski definition) is 1. The van der Waals surface area contributed by atoms with Crippen LogP contribution in [0.2, 0.25) is 0 Å². The van der Waals surface area contributed by atoms with Gasteiger partial charge in [-0.15, -0.1) is 0 Å². The van der Waals surface area contributed by atoms with Crippen LogP contribution in [0.3, 0.4) is 0 Å². The maximum absolute atomic E-state index is 6.10. The van der Waals surface area contributed by atoms with Gasteiger partial charge in [0, 0.05) is 18.1 Å². The number of nitrogens with zero attached hydrogens (tertiary/aromatic N) is 1. The zero-order valence-electron chi connectivity index (χ0n) is 13.2. The van der Waals surface area contributed by atoms with E-state index in [-0.39, 0.29) is 0 Å². The normalized spacial score (nSPS) is 11.0. The summed E-state index contributed by atoms with van der Waals surface area (Å²) >= 11 is 0. The first kappa shape index (κ1) is 14.8. The average Bonchev–Trinajstić information content (AvgIpc) is 2.46. The van der Waals surface area contributed by atoms with Crippen molar-refractivity contribution in [3.63, 3.8) is 0 Å². The molecule has 0 unspecified atom stereocenters. The number of benzene rings is 1. The van der Waals surface area contributed by atoms with Crippen LogP contribution in [0, 0.1) is 6.92 Å².